The number of hydrogen-bond donors (Lipinski definition) is 1. The molecule has 1 aliphatic heterocycles. The van der Waals surface area contributed by atoms with Gasteiger partial charge in [-0.15, -0.1) is 0 Å². The zero-order valence-corrected chi connectivity index (χ0v) is 9.86. The van der Waals surface area contributed by atoms with Gasteiger partial charge in [0.05, 0.1) is 12.7 Å². The molecule has 3 nitrogen and oxygen atoms in total. The number of benzene rings is 1. The van der Waals surface area contributed by atoms with Gasteiger partial charge in [-0.25, -0.2) is 0 Å². The molecule has 16 heavy (non-hydrogen) atoms. The van der Waals surface area contributed by atoms with E-state index in [1.165, 1.54) is 5.56 Å². The molecular formula is C13H20N2O. The van der Waals surface area contributed by atoms with Crippen LogP contribution in [-0.2, 0) is 11.3 Å². The third kappa shape index (κ3) is 2.97. The third-order valence-corrected chi connectivity index (χ3v) is 3.06. The van der Waals surface area contributed by atoms with Gasteiger partial charge in [-0.1, -0.05) is 19.1 Å². The highest BCUT2D eigenvalue weighted by Gasteiger charge is 2.18. The Morgan fingerprint density at radius 3 is 2.81 bits per heavy atom. The number of nitrogen functional groups attached to an aromatic ring is 1. The molecule has 0 saturated carbocycles. The minimum absolute atomic E-state index is 0.405. The molecule has 88 valence electrons. The zero-order chi connectivity index (χ0) is 11.4. The molecule has 0 bridgehead atoms. The Morgan fingerprint density at radius 1 is 1.38 bits per heavy atom. The number of ether oxygens (including phenoxy) is 1. The number of nitrogens with two attached hydrogens (primary N) is 1. The number of nitrogens with zero attached hydrogens (tertiary/aromatic N) is 1. The van der Waals surface area contributed by atoms with Crippen molar-refractivity contribution in [1.82, 2.24) is 4.90 Å². The molecular weight excluding hydrogens is 200 g/mol. The summed E-state index contributed by atoms with van der Waals surface area (Å²) < 4.78 is 5.65. The lowest BCUT2D eigenvalue weighted by Gasteiger charge is -2.32. The van der Waals surface area contributed by atoms with Crippen molar-refractivity contribution < 1.29 is 4.74 Å². The molecule has 0 radical (unpaired) electrons. The molecule has 1 fully saturated rings. The largest absolute Gasteiger partial charge is 0.399 e. The maximum atomic E-state index is 5.67. The molecule has 1 atom stereocenters. The molecule has 1 heterocycles. The van der Waals surface area contributed by atoms with E-state index >= 15 is 0 Å². The van der Waals surface area contributed by atoms with Gasteiger partial charge in [0.15, 0.2) is 0 Å². The van der Waals surface area contributed by atoms with Gasteiger partial charge in [-0.2, -0.15) is 0 Å². The van der Waals surface area contributed by atoms with Crippen LogP contribution in [0.5, 0.6) is 0 Å². The van der Waals surface area contributed by atoms with Crippen LogP contribution in [0, 0.1) is 0 Å². The zero-order valence-electron chi connectivity index (χ0n) is 9.86. The number of rotatable bonds is 3. The molecule has 3 heteroatoms. The van der Waals surface area contributed by atoms with E-state index < -0.39 is 0 Å². The van der Waals surface area contributed by atoms with E-state index in [-0.39, 0.29) is 0 Å². The summed E-state index contributed by atoms with van der Waals surface area (Å²) in [6, 6.07) is 8.14. The molecule has 2 N–H and O–H groups in total. The van der Waals surface area contributed by atoms with Gasteiger partial charge in [0.1, 0.15) is 0 Å². The van der Waals surface area contributed by atoms with Crippen molar-refractivity contribution in [3.63, 3.8) is 0 Å². The van der Waals surface area contributed by atoms with E-state index in [0.29, 0.717) is 6.10 Å². The maximum absolute atomic E-state index is 5.67. The summed E-state index contributed by atoms with van der Waals surface area (Å²) in [6.07, 6.45) is 1.50. The van der Waals surface area contributed by atoms with Gasteiger partial charge in [-0.3, -0.25) is 4.90 Å². The lowest BCUT2D eigenvalue weighted by atomic mass is 10.1. The Labute approximate surface area is 97.2 Å². The van der Waals surface area contributed by atoms with Crippen molar-refractivity contribution in [2.24, 2.45) is 0 Å². The number of morpholine rings is 1. The number of hydrogen-bond acceptors (Lipinski definition) is 3. The fraction of sp³-hybridized carbons (Fsp3) is 0.538. The molecule has 0 aromatic heterocycles. The Balaban J connectivity index is 1.91. The molecule has 2 rings (SSSR count). The highest BCUT2D eigenvalue weighted by molar-refractivity contribution is 5.39. The fourth-order valence-electron chi connectivity index (χ4n) is 2.05. The predicted octanol–water partition coefficient (Wildman–Crippen LogP) is 1.88. The van der Waals surface area contributed by atoms with Gasteiger partial charge in [0.25, 0.3) is 0 Å². The fourth-order valence-corrected chi connectivity index (χ4v) is 2.05. The van der Waals surface area contributed by atoms with E-state index in [9.17, 15) is 0 Å². The minimum atomic E-state index is 0.405. The second kappa shape index (κ2) is 5.32. The molecule has 0 spiro atoms. The second-order valence-electron chi connectivity index (χ2n) is 4.38. The second-order valence-corrected chi connectivity index (χ2v) is 4.38. The van der Waals surface area contributed by atoms with Crippen LogP contribution >= 0.6 is 0 Å². The van der Waals surface area contributed by atoms with E-state index in [2.05, 4.69) is 24.0 Å². The molecule has 1 unspecified atom stereocenters. The highest BCUT2D eigenvalue weighted by atomic mass is 16.5. The average molecular weight is 220 g/mol. The van der Waals surface area contributed by atoms with Crippen LogP contribution in [0.25, 0.3) is 0 Å². The summed E-state index contributed by atoms with van der Waals surface area (Å²) in [5, 5.41) is 0. The number of anilines is 1. The van der Waals surface area contributed by atoms with Crippen molar-refractivity contribution in [2.45, 2.75) is 26.0 Å². The van der Waals surface area contributed by atoms with Gasteiger partial charge < -0.3 is 10.5 Å². The Morgan fingerprint density at radius 2 is 2.12 bits per heavy atom. The quantitative estimate of drug-likeness (QED) is 0.790. The first kappa shape index (κ1) is 11.4. The monoisotopic (exact) mass is 220 g/mol. The Kier molecular flexibility index (Phi) is 3.80. The van der Waals surface area contributed by atoms with Crippen molar-refractivity contribution in [2.75, 3.05) is 25.4 Å². The van der Waals surface area contributed by atoms with Crippen molar-refractivity contribution in [3.8, 4) is 0 Å². The van der Waals surface area contributed by atoms with Gasteiger partial charge >= 0.3 is 0 Å². The molecule has 0 amide bonds. The first-order valence-corrected chi connectivity index (χ1v) is 5.96. The summed E-state index contributed by atoms with van der Waals surface area (Å²) in [6.45, 7) is 6.10. The summed E-state index contributed by atoms with van der Waals surface area (Å²) in [5.74, 6) is 0. The smallest absolute Gasteiger partial charge is 0.0700 e. The van der Waals surface area contributed by atoms with Crippen molar-refractivity contribution in [3.05, 3.63) is 29.8 Å². The molecule has 1 aromatic carbocycles. The molecule has 1 aromatic rings. The summed E-state index contributed by atoms with van der Waals surface area (Å²) in [5.41, 5.74) is 7.83. The topological polar surface area (TPSA) is 38.5 Å². The first-order chi connectivity index (χ1) is 7.78. The Bertz CT molecular complexity index is 323. The lowest BCUT2D eigenvalue weighted by Crippen LogP contribution is -2.41. The van der Waals surface area contributed by atoms with E-state index in [1.807, 2.05) is 12.1 Å². The SMILES string of the molecule is CCC1CN(Cc2ccc(N)cc2)CCO1. The maximum Gasteiger partial charge on any atom is 0.0700 e. The van der Waals surface area contributed by atoms with E-state index in [4.69, 9.17) is 10.5 Å². The van der Waals surface area contributed by atoms with Gasteiger partial charge in [0.2, 0.25) is 0 Å². The van der Waals surface area contributed by atoms with Crippen LogP contribution < -0.4 is 5.73 Å². The van der Waals surface area contributed by atoms with Crippen LogP contribution in [0.4, 0.5) is 5.69 Å². The Hall–Kier alpha value is -1.06. The van der Waals surface area contributed by atoms with Crippen LogP contribution in [0.2, 0.25) is 0 Å². The first-order valence-electron chi connectivity index (χ1n) is 5.96. The van der Waals surface area contributed by atoms with Crippen molar-refractivity contribution in [1.29, 1.82) is 0 Å². The summed E-state index contributed by atoms with van der Waals surface area (Å²) in [7, 11) is 0. The highest BCUT2D eigenvalue weighted by Crippen LogP contribution is 2.13. The minimum Gasteiger partial charge on any atom is -0.399 e. The predicted molar refractivity (Wildman–Crippen MR) is 66.2 cm³/mol. The molecule has 0 aliphatic carbocycles. The van der Waals surface area contributed by atoms with Crippen molar-refractivity contribution >= 4 is 5.69 Å². The summed E-state index contributed by atoms with van der Waals surface area (Å²) >= 11 is 0. The standard InChI is InChI=1S/C13H20N2O/c1-2-13-10-15(7-8-16-13)9-11-3-5-12(14)6-4-11/h3-6,13H,2,7-10,14H2,1H3. The van der Waals surface area contributed by atoms with Crippen LogP contribution in [0.3, 0.4) is 0 Å². The normalized spacial score (nSPS) is 22.2. The lowest BCUT2D eigenvalue weighted by molar-refractivity contribution is -0.0324. The van der Waals surface area contributed by atoms with Crippen LogP contribution in [-0.4, -0.2) is 30.7 Å². The van der Waals surface area contributed by atoms with Gasteiger partial charge in [-0.05, 0) is 24.1 Å². The third-order valence-electron chi connectivity index (χ3n) is 3.06. The van der Waals surface area contributed by atoms with Crippen LogP contribution in [0.1, 0.15) is 18.9 Å². The summed E-state index contributed by atoms with van der Waals surface area (Å²) in [4.78, 5) is 2.45. The van der Waals surface area contributed by atoms with Gasteiger partial charge in [0, 0.05) is 25.3 Å². The average Bonchev–Trinajstić information content (AvgIpc) is 2.32. The molecule has 1 saturated heterocycles. The van der Waals surface area contributed by atoms with Crippen LogP contribution in [0.15, 0.2) is 24.3 Å². The molecule has 1 aliphatic rings. The van der Waals surface area contributed by atoms with E-state index in [1.54, 1.807) is 0 Å². The van der Waals surface area contributed by atoms with E-state index in [0.717, 1.165) is 38.3 Å².